The first-order valence-electron chi connectivity index (χ1n) is 4.60. The van der Waals surface area contributed by atoms with Gasteiger partial charge in [-0.25, -0.2) is 0 Å². The summed E-state index contributed by atoms with van der Waals surface area (Å²) in [5.41, 5.74) is 0. The van der Waals surface area contributed by atoms with Crippen molar-refractivity contribution in [3.05, 3.63) is 0 Å². The van der Waals surface area contributed by atoms with E-state index in [0.717, 1.165) is 25.7 Å². The second-order valence-corrected chi connectivity index (χ2v) is 3.13. The normalized spacial score (nSPS) is 15.2. The third-order valence-electron chi connectivity index (χ3n) is 1.98. The molecule has 2 unspecified atom stereocenters. The molecule has 0 bridgehead atoms. The molecule has 2 atom stereocenters. The number of carbonyl (C=O) groups excluding carboxylic acids is 1. The largest absolute Gasteiger partial charge is 0.391 e. The van der Waals surface area contributed by atoms with E-state index in [1.807, 2.05) is 0 Å². The fourth-order valence-corrected chi connectivity index (χ4v) is 1.17. The minimum atomic E-state index is -0.452. The molecule has 0 aliphatic carbocycles. The monoisotopic (exact) mass is 173 g/mol. The summed E-state index contributed by atoms with van der Waals surface area (Å²) in [6.45, 7) is 3.83. The Morgan fingerprint density at radius 2 is 2.17 bits per heavy atom. The van der Waals surface area contributed by atoms with E-state index in [2.05, 4.69) is 12.2 Å². The highest BCUT2D eigenvalue weighted by Gasteiger charge is 2.12. The summed E-state index contributed by atoms with van der Waals surface area (Å²) in [7, 11) is 0. The molecule has 0 aromatic carbocycles. The van der Waals surface area contributed by atoms with Crippen LogP contribution in [0.1, 0.15) is 39.5 Å². The average molecular weight is 173 g/mol. The van der Waals surface area contributed by atoms with Gasteiger partial charge in [-0.15, -0.1) is 0 Å². The lowest BCUT2D eigenvalue weighted by Gasteiger charge is -2.18. The Bertz CT molecular complexity index is 115. The molecule has 0 saturated carbocycles. The fourth-order valence-electron chi connectivity index (χ4n) is 1.17. The second-order valence-electron chi connectivity index (χ2n) is 3.13. The first-order valence-corrected chi connectivity index (χ1v) is 4.60. The highest BCUT2D eigenvalue weighted by atomic mass is 16.3. The lowest BCUT2D eigenvalue weighted by atomic mass is 10.0. The van der Waals surface area contributed by atoms with Gasteiger partial charge in [-0.3, -0.25) is 4.79 Å². The number of hydrogen-bond donors (Lipinski definition) is 2. The predicted octanol–water partition coefficient (Wildman–Crippen LogP) is 1.06. The zero-order chi connectivity index (χ0) is 9.40. The van der Waals surface area contributed by atoms with Gasteiger partial charge in [0.1, 0.15) is 0 Å². The summed E-state index contributed by atoms with van der Waals surface area (Å²) in [5.74, 6) is 0. The molecular formula is C9H19NO2. The zero-order valence-electron chi connectivity index (χ0n) is 7.92. The van der Waals surface area contributed by atoms with Gasteiger partial charge in [0.25, 0.3) is 0 Å². The number of rotatable bonds is 7. The fraction of sp³-hybridized carbons (Fsp3) is 0.889. The van der Waals surface area contributed by atoms with Crippen LogP contribution in [0.4, 0.5) is 0 Å². The molecule has 0 aliphatic rings. The van der Waals surface area contributed by atoms with Gasteiger partial charge >= 0.3 is 0 Å². The minimum Gasteiger partial charge on any atom is -0.391 e. The summed E-state index contributed by atoms with van der Waals surface area (Å²) < 4.78 is 0. The van der Waals surface area contributed by atoms with Crippen LogP contribution in [0.5, 0.6) is 0 Å². The van der Waals surface area contributed by atoms with Crippen molar-refractivity contribution in [2.45, 2.75) is 51.7 Å². The van der Waals surface area contributed by atoms with E-state index >= 15 is 0 Å². The SMILES string of the molecule is CCCCCC(NC=O)C(C)O. The van der Waals surface area contributed by atoms with Gasteiger partial charge in [-0.1, -0.05) is 26.2 Å². The van der Waals surface area contributed by atoms with Gasteiger partial charge in [0, 0.05) is 0 Å². The molecule has 0 aromatic rings. The smallest absolute Gasteiger partial charge is 0.207 e. The van der Waals surface area contributed by atoms with Crippen molar-refractivity contribution >= 4 is 6.41 Å². The minimum absolute atomic E-state index is 0.0750. The van der Waals surface area contributed by atoms with Crippen LogP contribution in [0.25, 0.3) is 0 Å². The van der Waals surface area contributed by atoms with Crippen LogP contribution in [0, 0.1) is 0 Å². The van der Waals surface area contributed by atoms with Crippen molar-refractivity contribution in [3.8, 4) is 0 Å². The molecule has 0 aromatic heterocycles. The molecular weight excluding hydrogens is 154 g/mol. The van der Waals surface area contributed by atoms with Gasteiger partial charge in [0.2, 0.25) is 6.41 Å². The molecule has 0 rings (SSSR count). The lowest BCUT2D eigenvalue weighted by Crippen LogP contribution is -2.37. The summed E-state index contributed by atoms with van der Waals surface area (Å²) in [4.78, 5) is 10.1. The van der Waals surface area contributed by atoms with E-state index in [1.54, 1.807) is 6.92 Å². The molecule has 3 nitrogen and oxygen atoms in total. The van der Waals surface area contributed by atoms with Crippen LogP contribution in [0.3, 0.4) is 0 Å². The highest BCUT2D eigenvalue weighted by Crippen LogP contribution is 2.05. The molecule has 3 heteroatoms. The maximum atomic E-state index is 10.1. The van der Waals surface area contributed by atoms with E-state index in [-0.39, 0.29) is 6.04 Å². The summed E-state index contributed by atoms with van der Waals surface area (Å²) in [5, 5.41) is 11.8. The molecule has 0 fully saturated rings. The summed E-state index contributed by atoms with van der Waals surface area (Å²) in [6, 6.07) is -0.0750. The van der Waals surface area contributed by atoms with Gasteiger partial charge in [0.15, 0.2) is 0 Å². The zero-order valence-corrected chi connectivity index (χ0v) is 7.92. The Morgan fingerprint density at radius 1 is 1.50 bits per heavy atom. The maximum Gasteiger partial charge on any atom is 0.207 e. The summed E-state index contributed by atoms with van der Waals surface area (Å²) >= 11 is 0. The average Bonchev–Trinajstić information content (AvgIpc) is 2.03. The third-order valence-corrected chi connectivity index (χ3v) is 1.98. The van der Waals surface area contributed by atoms with Crippen LogP contribution in [-0.4, -0.2) is 23.7 Å². The van der Waals surface area contributed by atoms with Crippen LogP contribution in [0.2, 0.25) is 0 Å². The third kappa shape index (κ3) is 5.13. The Kier molecular flexibility index (Phi) is 6.76. The molecule has 1 amide bonds. The quantitative estimate of drug-likeness (QED) is 0.447. The second kappa shape index (κ2) is 7.10. The van der Waals surface area contributed by atoms with Crippen LogP contribution >= 0.6 is 0 Å². The maximum absolute atomic E-state index is 10.1. The van der Waals surface area contributed by atoms with Crippen LogP contribution < -0.4 is 5.32 Å². The van der Waals surface area contributed by atoms with Gasteiger partial charge in [-0.05, 0) is 13.3 Å². The topological polar surface area (TPSA) is 49.3 Å². The number of aliphatic hydroxyl groups is 1. The van der Waals surface area contributed by atoms with E-state index in [0.29, 0.717) is 6.41 Å². The van der Waals surface area contributed by atoms with Crippen molar-refractivity contribution in [2.75, 3.05) is 0 Å². The van der Waals surface area contributed by atoms with Crippen LogP contribution in [-0.2, 0) is 4.79 Å². The molecule has 0 aliphatic heterocycles. The Morgan fingerprint density at radius 3 is 2.58 bits per heavy atom. The van der Waals surface area contributed by atoms with Crippen molar-refractivity contribution in [1.82, 2.24) is 5.32 Å². The van der Waals surface area contributed by atoms with Gasteiger partial charge < -0.3 is 10.4 Å². The molecule has 2 N–H and O–H groups in total. The Balaban J connectivity index is 3.55. The van der Waals surface area contributed by atoms with Crippen molar-refractivity contribution in [3.63, 3.8) is 0 Å². The van der Waals surface area contributed by atoms with E-state index in [1.165, 1.54) is 0 Å². The van der Waals surface area contributed by atoms with Gasteiger partial charge in [-0.2, -0.15) is 0 Å². The van der Waals surface area contributed by atoms with Crippen molar-refractivity contribution in [2.24, 2.45) is 0 Å². The molecule has 12 heavy (non-hydrogen) atoms. The van der Waals surface area contributed by atoms with E-state index in [9.17, 15) is 9.90 Å². The standard InChI is InChI=1S/C9H19NO2/c1-3-4-5-6-9(8(2)12)10-7-11/h7-9,12H,3-6H2,1-2H3,(H,10,11). The number of aliphatic hydroxyl groups excluding tert-OH is 1. The number of amides is 1. The number of nitrogens with one attached hydrogen (secondary N) is 1. The van der Waals surface area contributed by atoms with Crippen LogP contribution in [0.15, 0.2) is 0 Å². The summed E-state index contributed by atoms with van der Waals surface area (Å²) in [6.07, 6.45) is 4.45. The molecule has 72 valence electrons. The Labute approximate surface area is 74.2 Å². The van der Waals surface area contributed by atoms with Crippen molar-refractivity contribution < 1.29 is 9.90 Å². The molecule has 0 radical (unpaired) electrons. The first kappa shape index (κ1) is 11.4. The molecule has 0 saturated heterocycles. The lowest BCUT2D eigenvalue weighted by molar-refractivity contribution is -0.110. The molecule has 0 heterocycles. The van der Waals surface area contributed by atoms with Crippen molar-refractivity contribution in [1.29, 1.82) is 0 Å². The number of carbonyl (C=O) groups is 1. The van der Waals surface area contributed by atoms with Gasteiger partial charge in [0.05, 0.1) is 12.1 Å². The molecule has 0 spiro atoms. The Hall–Kier alpha value is -0.570. The highest BCUT2D eigenvalue weighted by molar-refractivity contribution is 5.46. The number of unbranched alkanes of at least 4 members (excludes halogenated alkanes) is 2. The van der Waals surface area contributed by atoms with E-state index < -0.39 is 6.10 Å². The number of hydrogen-bond acceptors (Lipinski definition) is 2. The van der Waals surface area contributed by atoms with E-state index in [4.69, 9.17) is 0 Å². The predicted molar refractivity (Wildman–Crippen MR) is 48.8 cm³/mol. The first-order chi connectivity index (χ1) is 5.72.